The van der Waals surface area contributed by atoms with E-state index in [1.807, 2.05) is 0 Å². The Morgan fingerprint density at radius 3 is 0.882 bits per heavy atom. The second-order valence-corrected chi connectivity index (χ2v) is 15.5. The molecule has 0 aliphatic carbocycles. The van der Waals surface area contributed by atoms with Gasteiger partial charge in [0.05, 0.1) is 52.9 Å². The van der Waals surface area contributed by atoms with Gasteiger partial charge < -0.3 is 88.6 Å². The minimum atomic E-state index is -1.10. The molecule has 0 aromatic carbocycles. The number of unbranched alkanes of at least 4 members (excludes halogenated alkanes) is 4. The quantitative estimate of drug-likeness (QED) is 0.0210. The Balaban J connectivity index is 0. The lowest BCUT2D eigenvalue weighted by Crippen LogP contribution is -2.32. The molecule has 0 bridgehead atoms. The number of carboxylic acids is 3. The summed E-state index contributed by atoms with van der Waals surface area (Å²) in [6.07, 6.45) is -2.30. The molecular formula is C43H74O25. The van der Waals surface area contributed by atoms with E-state index in [1.165, 1.54) is 6.92 Å². The minimum Gasteiger partial charge on any atom is -0.481 e. The summed E-state index contributed by atoms with van der Waals surface area (Å²) in [5, 5.41) is 83.7. The largest absolute Gasteiger partial charge is 0.481 e. The number of rotatable bonds is 44. The van der Waals surface area contributed by atoms with Crippen molar-refractivity contribution in [2.75, 3.05) is 79.3 Å². The first-order valence-electron chi connectivity index (χ1n) is 22.4. The number of Topliss-reactive ketones (excluding diaryl/α,β-unsaturated/α-hetero) is 1. The average molecular weight is 991 g/mol. The molecule has 9 N–H and O–H groups in total. The highest BCUT2D eigenvalue weighted by Gasteiger charge is 2.17. The summed E-state index contributed by atoms with van der Waals surface area (Å²) >= 11 is 0. The van der Waals surface area contributed by atoms with E-state index in [0.29, 0.717) is 57.8 Å². The number of ketones is 1. The molecular weight excluding hydrogens is 916 g/mol. The fourth-order valence-electron chi connectivity index (χ4n) is 4.98. The van der Waals surface area contributed by atoms with Gasteiger partial charge in [0, 0.05) is 51.4 Å². The summed E-state index contributed by atoms with van der Waals surface area (Å²) in [7, 11) is 0. The van der Waals surface area contributed by atoms with Gasteiger partial charge in [-0.15, -0.1) is 0 Å². The van der Waals surface area contributed by atoms with E-state index in [4.69, 9.17) is 53.2 Å². The SMILES string of the molecule is CC(=O)CCCCC(=O)OCC(O)COC(CO)COCC(O)COC(=O)CCCCC(=O)O.O=C(O)CCCCC(=O)OCC(O)COCC(O)COCC(O)COC(=O)CCCCC(=O)O. The van der Waals surface area contributed by atoms with Crippen LogP contribution in [0.5, 0.6) is 0 Å². The zero-order valence-corrected chi connectivity index (χ0v) is 38.8. The highest BCUT2D eigenvalue weighted by Crippen LogP contribution is 2.07. The maximum absolute atomic E-state index is 11.6. The number of aliphatic hydroxyl groups is 6. The Morgan fingerprint density at radius 1 is 0.353 bits per heavy atom. The number of carbonyl (C=O) groups excluding carboxylic acids is 5. The van der Waals surface area contributed by atoms with Gasteiger partial charge in [-0.2, -0.15) is 0 Å². The number of carbonyl (C=O) groups is 8. The van der Waals surface area contributed by atoms with Gasteiger partial charge in [0.1, 0.15) is 68.8 Å². The molecule has 0 aromatic rings. The Kier molecular flexibility index (Phi) is 42.3. The van der Waals surface area contributed by atoms with Crippen molar-refractivity contribution >= 4 is 47.6 Å². The van der Waals surface area contributed by atoms with Gasteiger partial charge in [0.15, 0.2) is 0 Å². The van der Waals surface area contributed by atoms with Crippen LogP contribution in [-0.2, 0) is 76.3 Å². The van der Waals surface area contributed by atoms with Crippen LogP contribution in [0.2, 0.25) is 0 Å². The van der Waals surface area contributed by atoms with Crippen LogP contribution in [0.4, 0.5) is 0 Å². The van der Waals surface area contributed by atoms with E-state index in [0.717, 1.165) is 0 Å². The summed E-state index contributed by atoms with van der Waals surface area (Å²) in [6, 6.07) is 0. The van der Waals surface area contributed by atoms with Crippen molar-refractivity contribution < 1.29 is 122 Å². The second-order valence-electron chi connectivity index (χ2n) is 15.5. The van der Waals surface area contributed by atoms with E-state index >= 15 is 0 Å². The molecule has 68 heavy (non-hydrogen) atoms. The molecule has 5 atom stereocenters. The highest BCUT2D eigenvalue weighted by atomic mass is 16.6. The number of hydrogen-bond donors (Lipinski definition) is 9. The van der Waals surface area contributed by atoms with Gasteiger partial charge >= 0.3 is 41.8 Å². The molecule has 0 fully saturated rings. The molecule has 25 nitrogen and oxygen atoms in total. The summed E-state index contributed by atoms with van der Waals surface area (Å²) < 4.78 is 40.2. The van der Waals surface area contributed by atoms with Crippen LogP contribution >= 0.6 is 0 Å². The third-order valence-corrected chi connectivity index (χ3v) is 8.55. The fraction of sp³-hybridized carbons (Fsp3) is 0.814. The minimum absolute atomic E-state index is 0.0246. The molecule has 0 amide bonds. The summed E-state index contributed by atoms with van der Waals surface area (Å²) in [6.45, 7) is -1.34. The smallest absolute Gasteiger partial charge is 0.305 e. The molecule has 0 saturated heterocycles. The third-order valence-electron chi connectivity index (χ3n) is 8.55. The van der Waals surface area contributed by atoms with E-state index in [-0.39, 0.29) is 123 Å². The van der Waals surface area contributed by atoms with E-state index < -0.39 is 85.0 Å². The highest BCUT2D eigenvalue weighted by molar-refractivity contribution is 5.75. The Labute approximate surface area is 394 Å². The molecule has 396 valence electrons. The van der Waals surface area contributed by atoms with Crippen molar-refractivity contribution in [2.24, 2.45) is 0 Å². The van der Waals surface area contributed by atoms with Crippen LogP contribution in [0.25, 0.3) is 0 Å². The maximum Gasteiger partial charge on any atom is 0.305 e. The molecule has 0 spiro atoms. The zero-order valence-electron chi connectivity index (χ0n) is 38.8. The molecule has 0 saturated carbocycles. The van der Waals surface area contributed by atoms with Crippen molar-refractivity contribution in [2.45, 2.75) is 146 Å². The number of aliphatic hydroxyl groups excluding tert-OH is 6. The van der Waals surface area contributed by atoms with Crippen LogP contribution in [0.3, 0.4) is 0 Å². The molecule has 0 rings (SSSR count). The lowest BCUT2D eigenvalue weighted by Gasteiger charge is -2.19. The van der Waals surface area contributed by atoms with E-state index in [1.54, 1.807) is 0 Å². The Bertz CT molecular complexity index is 1340. The monoisotopic (exact) mass is 990 g/mol. The van der Waals surface area contributed by atoms with Gasteiger partial charge in [-0.3, -0.25) is 33.6 Å². The van der Waals surface area contributed by atoms with Crippen LogP contribution in [-0.4, -0.2) is 209 Å². The fourth-order valence-corrected chi connectivity index (χ4v) is 4.98. The topological polar surface area (TPSA) is 392 Å². The van der Waals surface area contributed by atoms with Crippen LogP contribution in [0.15, 0.2) is 0 Å². The molecule has 0 aliphatic rings. The predicted octanol–water partition coefficient (Wildman–Crippen LogP) is -0.538. The summed E-state index contributed by atoms with van der Waals surface area (Å²) in [5.74, 6) is -4.89. The van der Waals surface area contributed by atoms with E-state index in [9.17, 15) is 69.0 Å². The first-order valence-corrected chi connectivity index (χ1v) is 22.4. The lowest BCUT2D eigenvalue weighted by atomic mass is 10.1. The van der Waals surface area contributed by atoms with Crippen molar-refractivity contribution in [3.05, 3.63) is 0 Å². The van der Waals surface area contributed by atoms with Crippen molar-refractivity contribution in [1.29, 1.82) is 0 Å². The van der Waals surface area contributed by atoms with Crippen LogP contribution in [0.1, 0.15) is 110 Å². The van der Waals surface area contributed by atoms with Crippen LogP contribution < -0.4 is 0 Å². The molecule has 0 aliphatic heterocycles. The Hall–Kier alpha value is -4.44. The number of hydrogen-bond acceptors (Lipinski definition) is 22. The molecule has 25 heteroatoms. The summed E-state index contributed by atoms with van der Waals surface area (Å²) in [4.78, 5) is 88.0. The van der Waals surface area contributed by atoms with Gasteiger partial charge in [0.2, 0.25) is 0 Å². The maximum atomic E-state index is 11.6. The summed E-state index contributed by atoms with van der Waals surface area (Å²) in [5.41, 5.74) is 0. The number of esters is 4. The average Bonchev–Trinajstić information content (AvgIpc) is 3.27. The predicted molar refractivity (Wildman–Crippen MR) is 231 cm³/mol. The number of carboxylic acid groups (broad SMARTS) is 3. The van der Waals surface area contributed by atoms with E-state index in [2.05, 4.69) is 0 Å². The molecule has 0 aromatic heterocycles. The van der Waals surface area contributed by atoms with Crippen LogP contribution in [0, 0.1) is 0 Å². The third kappa shape index (κ3) is 48.0. The molecule has 0 radical (unpaired) electrons. The first-order chi connectivity index (χ1) is 32.2. The van der Waals surface area contributed by atoms with Crippen molar-refractivity contribution in [3.8, 4) is 0 Å². The second kappa shape index (κ2) is 43.8. The lowest BCUT2D eigenvalue weighted by molar-refractivity contribution is -0.151. The zero-order chi connectivity index (χ0) is 51.5. The normalized spacial score (nSPS) is 13.6. The van der Waals surface area contributed by atoms with Crippen molar-refractivity contribution in [3.63, 3.8) is 0 Å². The molecule has 0 heterocycles. The number of ether oxygens (including phenoxy) is 8. The van der Waals surface area contributed by atoms with Gasteiger partial charge in [-0.05, 0) is 58.3 Å². The van der Waals surface area contributed by atoms with Gasteiger partial charge in [0.25, 0.3) is 0 Å². The van der Waals surface area contributed by atoms with Gasteiger partial charge in [-0.25, -0.2) is 0 Å². The Morgan fingerprint density at radius 2 is 0.603 bits per heavy atom. The number of aliphatic carboxylic acids is 3. The first kappa shape index (κ1) is 65.6. The van der Waals surface area contributed by atoms with Crippen molar-refractivity contribution in [1.82, 2.24) is 0 Å². The van der Waals surface area contributed by atoms with Gasteiger partial charge in [-0.1, -0.05) is 0 Å². The standard InChI is InChI=1S/C22H38O12.C21H36O13/c1-16(24)6-2-4-8-21(29)34-14-18(26)12-32-19(10-23)15-31-11-17(25)13-33-22(30)9-5-3-7-20(27)28;22-15(9-31-11-16(23)13-33-20(29)7-3-1-5-18(25)26)10-32-12-17(24)14-34-21(30)8-4-2-6-19(27)28/h17-19,23,25-26H,2-15H2,1H3,(H,27,28);15-17,22-24H,1-14H2,(H,25,26)(H,27,28). The molecule has 5 unspecified atom stereocenters.